The summed E-state index contributed by atoms with van der Waals surface area (Å²) in [5, 5.41) is 8.95. The minimum absolute atomic E-state index is 0.356. The third-order valence-electron chi connectivity index (χ3n) is 2.50. The van der Waals surface area contributed by atoms with E-state index in [9.17, 15) is 4.79 Å². The molecule has 0 aliphatic heterocycles. The second-order valence-electron chi connectivity index (χ2n) is 3.55. The van der Waals surface area contributed by atoms with Crippen LogP contribution in [0.5, 0.6) is 0 Å². The lowest BCUT2D eigenvalue weighted by molar-refractivity contribution is -0.141. The van der Waals surface area contributed by atoms with Gasteiger partial charge in [0, 0.05) is 6.42 Å². The van der Waals surface area contributed by atoms with Crippen LogP contribution in [0.15, 0.2) is 30.3 Å². The molecule has 1 aliphatic rings. The van der Waals surface area contributed by atoms with Crippen molar-refractivity contribution < 1.29 is 9.90 Å². The van der Waals surface area contributed by atoms with E-state index in [4.69, 9.17) is 10.8 Å². The van der Waals surface area contributed by atoms with Gasteiger partial charge in [-0.2, -0.15) is 0 Å². The van der Waals surface area contributed by atoms with Gasteiger partial charge in [-0.25, -0.2) is 4.79 Å². The van der Waals surface area contributed by atoms with E-state index in [0.29, 0.717) is 6.42 Å². The molecule has 1 aromatic carbocycles. The van der Waals surface area contributed by atoms with Crippen molar-refractivity contribution in [3.8, 4) is 0 Å². The van der Waals surface area contributed by atoms with E-state index in [2.05, 4.69) is 0 Å². The normalized spacial score (nSPS) is 24.4. The monoisotopic (exact) mass is 189 g/mol. The summed E-state index contributed by atoms with van der Waals surface area (Å²) in [5.74, 6) is -0.983. The van der Waals surface area contributed by atoms with E-state index in [0.717, 1.165) is 11.1 Å². The lowest BCUT2D eigenvalue weighted by Gasteiger charge is -2.25. The molecule has 0 amide bonds. The number of carboxylic acids is 1. The van der Waals surface area contributed by atoms with Crippen LogP contribution in [0.3, 0.4) is 0 Å². The highest BCUT2D eigenvalue weighted by atomic mass is 16.4. The van der Waals surface area contributed by atoms with E-state index < -0.39 is 11.5 Å². The zero-order chi connectivity index (χ0) is 10.2. The number of carbonyl (C=O) groups is 1. The highest BCUT2D eigenvalue weighted by Gasteiger charge is 2.33. The van der Waals surface area contributed by atoms with Gasteiger partial charge in [-0.3, -0.25) is 0 Å². The highest BCUT2D eigenvalue weighted by Crippen LogP contribution is 2.24. The van der Waals surface area contributed by atoms with Gasteiger partial charge in [-0.05, 0) is 11.1 Å². The molecule has 0 bridgehead atoms. The van der Waals surface area contributed by atoms with E-state index in [1.165, 1.54) is 0 Å². The Kier molecular flexibility index (Phi) is 1.89. The third kappa shape index (κ3) is 1.32. The quantitative estimate of drug-likeness (QED) is 0.693. The Morgan fingerprint density at radius 2 is 2.14 bits per heavy atom. The molecule has 72 valence electrons. The summed E-state index contributed by atoms with van der Waals surface area (Å²) in [7, 11) is 0. The fourth-order valence-electron chi connectivity index (χ4n) is 1.62. The predicted molar refractivity (Wildman–Crippen MR) is 53.7 cm³/mol. The van der Waals surface area contributed by atoms with Crippen molar-refractivity contribution >= 4 is 12.0 Å². The summed E-state index contributed by atoms with van der Waals surface area (Å²) in [5.41, 5.74) is 6.53. The molecule has 2 rings (SSSR count). The van der Waals surface area contributed by atoms with Crippen molar-refractivity contribution in [2.24, 2.45) is 5.73 Å². The molecule has 1 unspecified atom stereocenters. The molecule has 3 heteroatoms. The van der Waals surface area contributed by atoms with E-state index in [-0.39, 0.29) is 0 Å². The van der Waals surface area contributed by atoms with Gasteiger partial charge in [0.1, 0.15) is 5.54 Å². The average Bonchev–Trinajstić information content (AvgIpc) is 2.17. The van der Waals surface area contributed by atoms with Crippen LogP contribution in [0, 0.1) is 0 Å². The Bertz CT molecular complexity index is 412. The second kappa shape index (κ2) is 2.96. The zero-order valence-corrected chi connectivity index (χ0v) is 7.60. The highest BCUT2D eigenvalue weighted by molar-refractivity contribution is 5.85. The molecule has 1 aromatic rings. The Hall–Kier alpha value is -1.61. The summed E-state index contributed by atoms with van der Waals surface area (Å²) in [4.78, 5) is 10.9. The van der Waals surface area contributed by atoms with E-state index in [1.807, 2.05) is 24.3 Å². The van der Waals surface area contributed by atoms with Crippen molar-refractivity contribution in [2.45, 2.75) is 12.0 Å². The molecule has 0 heterocycles. The molecule has 0 radical (unpaired) electrons. The average molecular weight is 189 g/mol. The Morgan fingerprint density at radius 1 is 1.43 bits per heavy atom. The summed E-state index contributed by atoms with van der Waals surface area (Å²) < 4.78 is 0. The van der Waals surface area contributed by atoms with Crippen LogP contribution in [-0.2, 0) is 11.2 Å². The first-order valence-corrected chi connectivity index (χ1v) is 4.41. The molecule has 0 saturated heterocycles. The van der Waals surface area contributed by atoms with E-state index >= 15 is 0 Å². The summed E-state index contributed by atoms with van der Waals surface area (Å²) in [6.45, 7) is 0. The lowest BCUT2D eigenvalue weighted by Crippen LogP contribution is -2.49. The summed E-state index contributed by atoms with van der Waals surface area (Å²) in [6.07, 6.45) is 3.68. The maximum Gasteiger partial charge on any atom is 0.328 e. The number of carboxylic acid groups (broad SMARTS) is 1. The van der Waals surface area contributed by atoms with Crippen molar-refractivity contribution in [3.05, 3.63) is 41.5 Å². The van der Waals surface area contributed by atoms with Gasteiger partial charge in [0.15, 0.2) is 0 Å². The summed E-state index contributed by atoms with van der Waals surface area (Å²) >= 11 is 0. The van der Waals surface area contributed by atoms with Crippen LogP contribution >= 0.6 is 0 Å². The fraction of sp³-hybridized carbons (Fsp3) is 0.182. The maximum absolute atomic E-state index is 10.9. The standard InChI is InChI=1S/C11H11NO2/c12-11(10(13)14)6-5-8-3-1-2-4-9(8)7-11/h1-6H,7,12H2,(H,13,14). The molecule has 0 fully saturated rings. The van der Waals surface area contributed by atoms with Gasteiger partial charge in [-0.1, -0.05) is 36.4 Å². The molecule has 1 aliphatic carbocycles. The smallest absolute Gasteiger partial charge is 0.328 e. The van der Waals surface area contributed by atoms with E-state index in [1.54, 1.807) is 12.2 Å². The van der Waals surface area contributed by atoms with Crippen LogP contribution in [0.4, 0.5) is 0 Å². The first kappa shape index (κ1) is 8.97. The van der Waals surface area contributed by atoms with Gasteiger partial charge in [0.05, 0.1) is 0 Å². The minimum atomic E-state index is -1.24. The Balaban J connectivity index is 2.43. The molecule has 0 spiro atoms. The molecule has 3 N–H and O–H groups in total. The Morgan fingerprint density at radius 3 is 2.86 bits per heavy atom. The molecule has 1 atom stereocenters. The second-order valence-corrected chi connectivity index (χ2v) is 3.55. The van der Waals surface area contributed by atoms with Gasteiger partial charge in [0.25, 0.3) is 0 Å². The maximum atomic E-state index is 10.9. The molecular weight excluding hydrogens is 178 g/mol. The molecular formula is C11H11NO2. The Labute approximate surface area is 81.9 Å². The first-order valence-electron chi connectivity index (χ1n) is 4.41. The number of hydrogen-bond acceptors (Lipinski definition) is 2. The fourth-order valence-corrected chi connectivity index (χ4v) is 1.62. The minimum Gasteiger partial charge on any atom is -0.480 e. The van der Waals surface area contributed by atoms with Crippen LogP contribution < -0.4 is 5.73 Å². The largest absolute Gasteiger partial charge is 0.480 e. The number of benzene rings is 1. The van der Waals surface area contributed by atoms with Crippen LogP contribution in [0.2, 0.25) is 0 Å². The van der Waals surface area contributed by atoms with Crippen molar-refractivity contribution in [1.82, 2.24) is 0 Å². The predicted octanol–water partition coefficient (Wildman–Crippen LogP) is 1.04. The number of rotatable bonds is 1. The van der Waals surface area contributed by atoms with Gasteiger partial charge < -0.3 is 10.8 Å². The van der Waals surface area contributed by atoms with Crippen molar-refractivity contribution in [1.29, 1.82) is 0 Å². The number of hydrogen-bond donors (Lipinski definition) is 2. The topological polar surface area (TPSA) is 63.3 Å². The van der Waals surface area contributed by atoms with Gasteiger partial charge >= 0.3 is 5.97 Å². The first-order chi connectivity index (χ1) is 6.62. The number of fused-ring (bicyclic) bond motifs is 1. The molecule has 0 aromatic heterocycles. The molecule has 3 nitrogen and oxygen atoms in total. The van der Waals surface area contributed by atoms with Crippen molar-refractivity contribution in [3.63, 3.8) is 0 Å². The van der Waals surface area contributed by atoms with Crippen LogP contribution in [0.1, 0.15) is 11.1 Å². The number of aliphatic carboxylic acids is 1. The van der Waals surface area contributed by atoms with Crippen LogP contribution in [-0.4, -0.2) is 16.6 Å². The van der Waals surface area contributed by atoms with Gasteiger partial charge in [-0.15, -0.1) is 0 Å². The number of nitrogens with two attached hydrogens (primary N) is 1. The molecule has 14 heavy (non-hydrogen) atoms. The van der Waals surface area contributed by atoms with Crippen LogP contribution in [0.25, 0.3) is 6.08 Å². The van der Waals surface area contributed by atoms with Gasteiger partial charge in [0.2, 0.25) is 0 Å². The lowest BCUT2D eigenvalue weighted by atomic mass is 9.84. The third-order valence-corrected chi connectivity index (χ3v) is 2.50. The summed E-state index contributed by atoms with van der Waals surface area (Å²) in [6, 6.07) is 7.67. The zero-order valence-electron chi connectivity index (χ0n) is 7.60. The molecule has 0 saturated carbocycles. The SMILES string of the molecule is NC1(C(=O)O)C=Cc2ccccc2C1. The van der Waals surface area contributed by atoms with Crippen molar-refractivity contribution in [2.75, 3.05) is 0 Å².